The summed E-state index contributed by atoms with van der Waals surface area (Å²) in [6.07, 6.45) is 4.18. The highest BCUT2D eigenvalue weighted by Gasteiger charge is 2.23. The Kier molecular flexibility index (Phi) is 4.71. The van der Waals surface area contributed by atoms with Crippen LogP contribution in [0.15, 0.2) is 24.4 Å². The largest absolute Gasteiger partial charge is 0.393 e. The van der Waals surface area contributed by atoms with Crippen LogP contribution in [0.2, 0.25) is 0 Å². The first-order valence-corrected chi connectivity index (χ1v) is 8.05. The molecule has 3 N–H and O–H groups in total. The Labute approximate surface area is 136 Å². The number of aliphatic hydroxyl groups excluding tert-OH is 1. The molecule has 1 saturated carbocycles. The molecule has 0 spiro atoms. The lowest BCUT2D eigenvalue weighted by Gasteiger charge is -2.17. The summed E-state index contributed by atoms with van der Waals surface area (Å²) >= 11 is 0. The van der Waals surface area contributed by atoms with Crippen LogP contribution in [0.25, 0.3) is 0 Å². The van der Waals surface area contributed by atoms with Gasteiger partial charge in [0, 0.05) is 23.5 Å². The number of nitrogens with one attached hydrogen (secondary N) is 2. The molecule has 1 aliphatic rings. The average Bonchev–Trinajstić information content (AvgIpc) is 2.96. The molecule has 2 aromatic rings. The van der Waals surface area contributed by atoms with Crippen LogP contribution < -0.4 is 10.6 Å². The molecule has 1 fully saturated rings. The van der Waals surface area contributed by atoms with Gasteiger partial charge in [0.1, 0.15) is 5.82 Å². The van der Waals surface area contributed by atoms with Crippen molar-refractivity contribution in [1.29, 1.82) is 0 Å². The molecule has 0 aliphatic heterocycles. The zero-order chi connectivity index (χ0) is 16.2. The Balaban J connectivity index is 1.71. The maximum absolute atomic E-state index is 9.67. The Morgan fingerprint density at radius 1 is 1.22 bits per heavy atom. The normalized spacial score (nSPS) is 20.5. The fourth-order valence-corrected chi connectivity index (χ4v) is 2.80. The molecule has 6 heteroatoms. The Bertz CT molecular complexity index is 662. The van der Waals surface area contributed by atoms with Crippen LogP contribution in [0.1, 0.15) is 36.2 Å². The Morgan fingerprint density at radius 2 is 2.09 bits per heavy atom. The van der Waals surface area contributed by atoms with Gasteiger partial charge in [-0.15, -0.1) is 0 Å². The van der Waals surface area contributed by atoms with E-state index in [4.69, 9.17) is 0 Å². The fraction of sp³-hybridized carbons (Fsp3) is 0.471. The number of hydrogen-bond donors (Lipinski definition) is 3. The van der Waals surface area contributed by atoms with Gasteiger partial charge in [-0.05, 0) is 45.2 Å². The van der Waals surface area contributed by atoms with Crippen molar-refractivity contribution < 1.29 is 5.11 Å². The number of aryl methyl sites for hydroxylation is 1. The molecular weight excluding hydrogens is 290 g/mol. The van der Waals surface area contributed by atoms with E-state index in [2.05, 4.69) is 25.6 Å². The van der Waals surface area contributed by atoms with E-state index < -0.39 is 0 Å². The standard InChI is InChI=1S/C17H23N5O/c1-11-12(2)20-17(19-10-14-5-3-4-8-18-14)22-16(11)21-13-6-7-15(23)9-13/h3-5,8,13,15,23H,6-7,9-10H2,1-2H3,(H2,19,20,21,22). The smallest absolute Gasteiger partial charge is 0.225 e. The molecule has 2 unspecified atom stereocenters. The molecule has 0 saturated heterocycles. The highest BCUT2D eigenvalue weighted by Crippen LogP contribution is 2.25. The molecule has 2 aromatic heterocycles. The average molecular weight is 313 g/mol. The first-order valence-electron chi connectivity index (χ1n) is 8.05. The van der Waals surface area contributed by atoms with E-state index in [1.807, 2.05) is 32.0 Å². The predicted octanol–water partition coefficient (Wildman–Crippen LogP) is 2.43. The summed E-state index contributed by atoms with van der Waals surface area (Å²) < 4.78 is 0. The first-order chi connectivity index (χ1) is 11.1. The van der Waals surface area contributed by atoms with Gasteiger partial charge in [-0.3, -0.25) is 4.98 Å². The SMILES string of the molecule is Cc1nc(NCc2ccccn2)nc(NC2CCC(O)C2)c1C. The zero-order valence-electron chi connectivity index (χ0n) is 13.6. The quantitative estimate of drug-likeness (QED) is 0.786. The lowest BCUT2D eigenvalue weighted by molar-refractivity contribution is 0.182. The van der Waals surface area contributed by atoms with Crippen LogP contribution in [0.3, 0.4) is 0 Å². The van der Waals surface area contributed by atoms with E-state index in [0.29, 0.717) is 12.5 Å². The van der Waals surface area contributed by atoms with Gasteiger partial charge in [-0.25, -0.2) is 4.98 Å². The van der Waals surface area contributed by atoms with Crippen LogP contribution in [-0.4, -0.2) is 32.2 Å². The topological polar surface area (TPSA) is 83.0 Å². The van der Waals surface area contributed by atoms with E-state index in [0.717, 1.165) is 42.0 Å². The van der Waals surface area contributed by atoms with Crippen molar-refractivity contribution in [3.05, 3.63) is 41.3 Å². The van der Waals surface area contributed by atoms with Gasteiger partial charge in [0.15, 0.2) is 0 Å². The fourth-order valence-electron chi connectivity index (χ4n) is 2.80. The van der Waals surface area contributed by atoms with Gasteiger partial charge in [0.25, 0.3) is 0 Å². The second-order valence-electron chi connectivity index (χ2n) is 6.09. The number of hydrogen-bond acceptors (Lipinski definition) is 6. The van der Waals surface area contributed by atoms with E-state index in [1.165, 1.54) is 0 Å². The summed E-state index contributed by atoms with van der Waals surface area (Å²) in [6.45, 7) is 4.59. The summed E-state index contributed by atoms with van der Waals surface area (Å²) in [5.74, 6) is 1.44. The van der Waals surface area contributed by atoms with Gasteiger partial charge >= 0.3 is 0 Å². The minimum atomic E-state index is -0.197. The maximum Gasteiger partial charge on any atom is 0.225 e. The lowest BCUT2D eigenvalue weighted by Crippen LogP contribution is -2.19. The van der Waals surface area contributed by atoms with Gasteiger partial charge in [0.2, 0.25) is 5.95 Å². The third-order valence-electron chi connectivity index (χ3n) is 4.29. The third kappa shape index (κ3) is 3.96. The van der Waals surface area contributed by atoms with Crippen molar-refractivity contribution in [1.82, 2.24) is 15.0 Å². The molecule has 2 heterocycles. The summed E-state index contributed by atoms with van der Waals surface area (Å²) in [5.41, 5.74) is 2.95. The van der Waals surface area contributed by atoms with Crippen LogP contribution in [0.5, 0.6) is 0 Å². The van der Waals surface area contributed by atoms with Crippen LogP contribution in [0.4, 0.5) is 11.8 Å². The van der Waals surface area contributed by atoms with Crippen molar-refractivity contribution in [3.63, 3.8) is 0 Å². The molecular formula is C17H23N5O. The lowest BCUT2D eigenvalue weighted by atomic mass is 10.2. The monoisotopic (exact) mass is 313 g/mol. The molecule has 3 rings (SSSR count). The summed E-state index contributed by atoms with van der Waals surface area (Å²) in [4.78, 5) is 13.4. The van der Waals surface area contributed by atoms with Crippen LogP contribution >= 0.6 is 0 Å². The second-order valence-corrected chi connectivity index (χ2v) is 6.09. The minimum absolute atomic E-state index is 0.197. The van der Waals surface area contributed by atoms with Crippen molar-refractivity contribution in [2.45, 2.75) is 51.8 Å². The minimum Gasteiger partial charge on any atom is -0.393 e. The summed E-state index contributed by atoms with van der Waals surface area (Å²) in [6, 6.07) is 6.10. The summed E-state index contributed by atoms with van der Waals surface area (Å²) in [5, 5.41) is 16.4. The van der Waals surface area contributed by atoms with Gasteiger partial charge in [-0.1, -0.05) is 6.07 Å². The number of nitrogens with zero attached hydrogens (tertiary/aromatic N) is 3. The number of rotatable bonds is 5. The van der Waals surface area contributed by atoms with E-state index >= 15 is 0 Å². The highest BCUT2D eigenvalue weighted by molar-refractivity contribution is 5.50. The maximum atomic E-state index is 9.67. The zero-order valence-corrected chi connectivity index (χ0v) is 13.6. The summed E-state index contributed by atoms with van der Waals surface area (Å²) in [7, 11) is 0. The molecule has 23 heavy (non-hydrogen) atoms. The second kappa shape index (κ2) is 6.91. The Hall–Kier alpha value is -2.21. The molecule has 0 radical (unpaired) electrons. The van der Waals surface area contributed by atoms with E-state index in [-0.39, 0.29) is 12.1 Å². The molecule has 0 aromatic carbocycles. The number of pyridine rings is 1. The predicted molar refractivity (Wildman–Crippen MR) is 90.3 cm³/mol. The Morgan fingerprint density at radius 3 is 2.78 bits per heavy atom. The van der Waals surface area contributed by atoms with Crippen molar-refractivity contribution >= 4 is 11.8 Å². The van der Waals surface area contributed by atoms with Gasteiger partial charge in [-0.2, -0.15) is 4.98 Å². The highest BCUT2D eigenvalue weighted by atomic mass is 16.3. The molecule has 122 valence electrons. The molecule has 0 amide bonds. The molecule has 6 nitrogen and oxygen atoms in total. The van der Waals surface area contributed by atoms with E-state index in [1.54, 1.807) is 6.20 Å². The van der Waals surface area contributed by atoms with Crippen molar-refractivity contribution in [2.75, 3.05) is 10.6 Å². The number of aliphatic hydroxyl groups is 1. The van der Waals surface area contributed by atoms with E-state index in [9.17, 15) is 5.11 Å². The van der Waals surface area contributed by atoms with Crippen molar-refractivity contribution in [3.8, 4) is 0 Å². The first kappa shape index (κ1) is 15.7. The van der Waals surface area contributed by atoms with Crippen LogP contribution in [-0.2, 0) is 6.54 Å². The van der Waals surface area contributed by atoms with Gasteiger partial charge < -0.3 is 15.7 Å². The van der Waals surface area contributed by atoms with Crippen LogP contribution in [0, 0.1) is 13.8 Å². The number of anilines is 2. The molecule has 0 bridgehead atoms. The number of aromatic nitrogens is 3. The molecule has 2 atom stereocenters. The molecule has 1 aliphatic carbocycles. The third-order valence-corrected chi connectivity index (χ3v) is 4.29. The van der Waals surface area contributed by atoms with Gasteiger partial charge in [0.05, 0.1) is 18.3 Å². The van der Waals surface area contributed by atoms with Crippen molar-refractivity contribution in [2.24, 2.45) is 0 Å².